The van der Waals surface area contributed by atoms with E-state index in [1.54, 1.807) is 0 Å². The number of phenols is 1. The fourth-order valence-electron chi connectivity index (χ4n) is 2.25. The zero-order chi connectivity index (χ0) is 20.9. The van der Waals surface area contributed by atoms with Gasteiger partial charge in [0.25, 0.3) is 5.91 Å². The van der Waals surface area contributed by atoms with E-state index in [2.05, 4.69) is 5.32 Å². The molecule has 0 aromatic heterocycles. The summed E-state index contributed by atoms with van der Waals surface area (Å²) in [5.41, 5.74) is -1.33. The second-order valence-electron chi connectivity index (χ2n) is 6.09. The molecule has 2 aromatic carbocycles. The molecule has 2 N–H and O–H groups in total. The van der Waals surface area contributed by atoms with Crippen LogP contribution in [0.5, 0.6) is 11.5 Å². The van der Waals surface area contributed by atoms with Crippen LogP contribution in [0.4, 0.5) is 18.9 Å². The summed E-state index contributed by atoms with van der Waals surface area (Å²) in [7, 11) is 0. The standard InChI is InChI=1S/C19H19ClF3NO4/c1-11(2)27-7-8-28-17-6-3-12(19(21,22)23)9-15(17)24-18(26)14-10-13(20)4-5-16(14)25/h3-6,9-11,25H,7-8H2,1-2H3,(H,24,26). The van der Waals surface area contributed by atoms with Crippen LogP contribution in [-0.4, -0.2) is 30.3 Å². The summed E-state index contributed by atoms with van der Waals surface area (Å²) in [5.74, 6) is -1.15. The van der Waals surface area contributed by atoms with Crippen molar-refractivity contribution in [3.63, 3.8) is 0 Å². The SMILES string of the molecule is CC(C)OCCOc1ccc(C(F)(F)F)cc1NC(=O)c1cc(Cl)ccc1O. The first-order valence-corrected chi connectivity index (χ1v) is 8.71. The summed E-state index contributed by atoms with van der Waals surface area (Å²) in [6, 6.07) is 6.52. The third-order valence-electron chi connectivity index (χ3n) is 3.55. The Morgan fingerprint density at radius 3 is 2.54 bits per heavy atom. The van der Waals surface area contributed by atoms with Crippen molar-refractivity contribution in [1.82, 2.24) is 0 Å². The predicted molar refractivity (Wildman–Crippen MR) is 99.1 cm³/mol. The van der Waals surface area contributed by atoms with E-state index in [0.29, 0.717) is 0 Å². The Kier molecular flexibility index (Phi) is 7.15. The molecule has 0 aliphatic rings. The lowest BCUT2D eigenvalue weighted by Gasteiger charge is -2.16. The number of benzene rings is 2. The molecule has 2 rings (SSSR count). The summed E-state index contributed by atoms with van der Waals surface area (Å²) < 4.78 is 49.9. The molecule has 0 aliphatic carbocycles. The van der Waals surface area contributed by atoms with E-state index in [-0.39, 0.29) is 47.1 Å². The fourth-order valence-corrected chi connectivity index (χ4v) is 2.42. The molecule has 9 heteroatoms. The van der Waals surface area contributed by atoms with Gasteiger partial charge in [-0.3, -0.25) is 4.79 Å². The van der Waals surface area contributed by atoms with Crippen molar-refractivity contribution in [2.45, 2.75) is 26.1 Å². The van der Waals surface area contributed by atoms with Gasteiger partial charge in [0.05, 0.1) is 29.5 Å². The zero-order valence-electron chi connectivity index (χ0n) is 15.1. The first-order chi connectivity index (χ1) is 13.1. The molecule has 0 spiro atoms. The van der Waals surface area contributed by atoms with Gasteiger partial charge in [-0.1, -0.05) is 11.6 Å². The van der Waals surface area contributed by atoms with Gasteiger partial charge in [0.15, 0.2) is 0 Å². The molecule has 0 aliphatic heterocycles. The minimum Gasteiger partial charge on any atom is -0.507 e. The number of hydrogen-bond donors (Lipinski definition) is 2. The predicted octanol–water partition coefficient (Wildman–Crippen LogP) is 5.12. The van der Waals surface area contributed by atoms with Crippen molar-refractivity contribution in [2.24, 2.45) is 0 Å². The average Bonchev–Trinajstić information content (AvgIpc) is 2.60. The maximum Gasteiger partial charge on any atom is 0.416 e. The molecular formula is C19H19ClF3NO4. The quantitative estimate of drug-likeness (QED) is 0.613. The molecule has 0 saturated heterocycles. The lowest BCUT2D eigenvalue weighted by molar-refractivity contribution is -0.137. The molecular weight excluding hydrogens is 399 g/mol. The molecule has 5 nitrogen and oxygen atoms in total. The maximum absolute atomic E-state index is 13.0. The molecule has 0 saturated carbocycles. The summed E-state index contributed by atoms with van der Waals surface area (Å²) >= 11 is 5.81. The summed E-state index contributed by atoms with van der Waals surface area (Å²) in [4.78, 5) is 12.4. The first-order valence-electron chi connectivity index (χ1n) is 8.33. The van der Waals surface area contributed by atoms with Crippen LogP contribution in [-0.2, 0) is 10.9 Å². The van der Waals surface area contributed by atoms with Crippen LogP contribution in [0.25, 0.3) is 0 Å². The van der Waals surface area contributed by atoms with Crippen LogP contribution in [0.2, 0.25) is 5.02 Å². The Labute approximate surface area is 165 Å². The maximum atomic E-state index is 13.0. The van der Waals surface area contributed by atoms with Gasteiger partial charge in [0, 0.05) is 5.02 Å². The lowest BCUT2D eigenvalue weighted by Crippen LogP contribution is -2.16. The number of anilines is 1. The van der Waals surface area contributed by atoms with Crippen LogP contribution < -0.4 is 10.1 Å². The molecule has 0 heterocycles. The normalized spacial score (nSPS) is 11.5. The van der Waals surface area contributed by atoms with Crippen molar-refractivity contribution in [1.29, 1.82) is 0 Å². The molecule has 28 heavy (non-hydrogen) atoms. The third-order valence-corrected chi connectivity index (χ3v) is 3.79. The largest absolute Gasteiger partial charge is 0.507 e. The Morgan fingerprint density at radius 2 is 1.89 bits per heavy atom. The van der Waals surface area contributed by atoms with Crippen molar-refractivity contribution in [2.75, 3.05) is 18.5 Å². The number of hydrogen-bond acceptors (Lipinski definition) is 4. The summed E-state index contributed by atoms with van der Waals surface area (Å²) in [5, 5.41) is 12.3. The molecule has 152 valence electrons. The van der Waals surface area contributed by atoms with E-state index >= 15 is 0 Å². The van der Waals surface area contributed by atoms with E-state index in [1.807, 2.05) is 13.8 Å². The monoisotopic (exact) mass is 417 g/mol. The number of nitrogens with one attached hydrogen (secondary N) is 1. The van der Waals surface area contributed by atoms with Crippen molar-refractivity contribution >= 4 is 23.2 Å². The molecule has 2 aromatic rings. The van der Waals surface area contributed by atoms with Crippen molar-refractivity contribution < 1.29 is 32.5 Å². The third kappa shape index (κ3) is 6.03. The van der Waals surface area contributed by atoms with E-state index in [0.717, 1.165) is 18.2 Å². The second kappa shape index (κ2) is 9.16. The molecule has 0 fully saturated rings. The van der Waals surface area contributed by atoms with Gasteiger partial charge >= 0.3 is 6.18 Å². The highest BCUT2D eigenvalue weighted by Crippen LogP contribution is 2.35. The second-order valence-corrected chi connectivity index (χ2v) is 6.53. The molecule has 1 amide bonds. The van der Waals surface area contributed by atoms with Gasteiger partial charge < -0.3 is 19.9 Å². The Hall–Kier alpha value is -2.45. The zero-order valence-corrected chi connectivity index (χ0v) is 15.9. The van der Waals surface area contributed by atoms with Gasteiger partial charge in [-0.05, 0) is 50.2 Å². The van der Waals surface area contributed by atoms with E-state index in [4.69, 9.17) is 21.1 Å². The van der Waals surface area contributed by atoms with Gasteiger partial charge in [0.1, 0.15) is 18.1 Å². The van der Waals surface area contributed by atoms with Crippen LogP contribution in [0.3, 0.4) is 0 Å². The topological polar surface area (TPSA) is 67.8 Å². The number of carbonyl (C=O) groups is 1. The Bertz CT molecular complexity index is 840. The minimum atomic E-state index is -4.60. The average molecular weight is 418 g/mol. The van der Waals surface area contributed by atoms with Crippen LogP contribution in [0.1, 0.15) is 29.8 Å². The van der Waals surface area contributed by atoms with E-state index in [9.17, 15) is 23.1 Å². The molecule has 0 atom stereocenters. The number of carbonyl (C=O) groups excluding carboxylic acids is 1. The van der Waals surface area contributed by atoms with Crippen molar-refractivity contribution in [3.05, 3.63) is 52.5 Å². The number of amides is 1. The molecule has 0 radical (unpaired) electrons. The van der Waals surface area contributed by atoms with Gasteiger partial charge in [-0.15, -0.1) is 0 Å². The van der Waals surface area contributed by atoms with E-state index in [1.165, 1.54) is 18.2 Å². The van der Waals surface area contributed by atoms with Gasteiger partial charge in [-0.25, -0.2) is 0 Å². The highest BCUT2D eigenvalue weighted by atomic mass is 35.5. The van der Waals surface area contributed by atoms with E-state index < -0.39 is 17.6 Å². The first kappa shape index (κ1) is 21.8. The summed E-state index contributed by atoms with van der Waals surface area (Å²) in [6.45, 7) is 3.97. The number of ether oxygens (including phenoxy) is 2. The number of alkyl halides is 3. The Balaban J connectivity index is 2.27. The van der Waals surface area contributed by atoms with Crippen LogP contribution in [0, 0.1) is 0 Å². The fraction of sp³-hybridized carbons (Fsp3) is 0.316. The number of phenolic OH excluding ortho intramolecular Hbond substituents is 1. The number of aromatic hydroxyl groups is 1. The molecule has 0 unspecified atom stereocenters. The number of rotatable bonds is 7. The van der Waals surface area contributed by atoms with Gasteiger partial charge in [0.2, 0.25) is 0 Å². The van der Waals surface area contributed by atoms with Crippen molar-refractivity contribution in [3.8, 4) is 11.5 Å². The number of halogens is 4. The van der Waals surface area contributed by atoms with Crippen LogP contribution >= 0.6 is 11.6 Å². The lowest BCUT2D eigenvalue weighted by atomic mass is 10.1. The molecule has 0 bridgehead atoms. The van der Waals surface area contributed by atoms with Crippen LogP contribution in [0.15, 0.2) is 36.4 Å². The van der Waals surface area contributed by atoms with Gasteiger partial charge in [-0.2, -0.15) is 13.2 Å². The Morgan fingerprint density at radius 1 is 1.18 bits per heavy atom. The highest BCUT2D eigenvalue weighted by Gasteiger charge is 2.31. The minimum absolute atomic E-state index is 0.0267. The summed E-state index contributed by atoms with van der Waals surface area (Å²) in [6.07, 6.45) is -4.63. The smallest absolute Gasteiger partial charge is 0.416 e. The highest BCUT2D eigenvalue weighted by molar-refractivity contribution is 6.31.